The lowest BCUT2D eigenvalue weighted by molar-refractivity contribution is 0.170. The molecule has 3 aromatic heterocycles. The predicted molar refractivity (Wildman–Crippen MR) is 97.5 cm³/mol. The highest BCUT2D eigenvalue weighted by molar-refractivity contribution is 5.76. The van der Waals surface area contributed by atoms with E-state index in [1.165, 1.54) is 6.42 Å². The van der Waals surface area contributed by atoms with Crippen LogP contribution in [0.15, 0.2) is 35.6 Å². The van der Waals surface area contributed by atoms with E-state index in [1.807, 2.05) is 10.9 Å². The minimum absolute atomic E-state index is 0.145. The summed E-state index contributed by atoms with van der Waals surface area (Å²) in [4.78, 5) is 25.5. The van der Waals surface area contributed by atoms with Crippen molar-refractivity contribution in [3.63, 3.8) is 0 Å². The minimum atomic E-state index is -0.248. The number of piperidine rings is 1. The zero-order valence-corrected chi connectivity index (χ0v) is 14.8. The lowest BCUT2D eigenvalue weighted by Gasteiger charge is -2.32. The summed E-state index contributed by atoms with van der Waals surface area (Å²) in [6, 6.07) is 2.13. The number of likely N-dealkylation sites (tertiary alicyclic amines) is 1. The molecule has 1 atom stereocenters. The molecule has 0 saturated carbocycles. The molecule has 0 aliphatic carbocycles. The fourth-order valence-electron chi connectivity index (χ4n) is 3.47. The van der Waals surface area contributed by atoms with Gasteiger partial charge in [-0.15, -0.1) is 0 Å². The fraction of sp³-hybridized carbons (Fsp3) is 0.444. The van der Waals surface area contributed by atoms with Gasteiger partial charge in [-0.3, -0.25) is 19.4 Å². The van der Waals surface area contributed by atoms with E-state index < -0.39 is 0 Å². The lowest BCUT2D eigenvalue weighted by Crippen LogP contribution is -2.37. The average Bonchev–Trinajstić information content (AvgIpc) is 3.11. The van der Waals surface area contributed by atoms with Crippen LogP contribution in [0, 0.1) is 0 Å². The molecule has 8 heteroatoms. The minimum Gasteiger partial charge on any atom is -0.422 e. The predicted octanol–water partition coefficient (Wildman–Crippen LogP) is 2.35. The normalized spacial score (nSPS) is 18.3. The van der Waals surface area contributed by atoms with E-state index >= 15 is 0 Å². The number of rotatable bonds is 5. The summed E-state index contributed by atoms with van der Waals surface area (Å²) in [6.45, 7) is 5.49. The van der Waals surface area contributed by atoms with Crippen LogP contribution in [0.3, 0.4) is 0 Å². The van der Waals surface area contributed by atoms with Gasteiger partial charge in [0.25, 0.3) is 5.56 Å². The zero-order chi connectivity index (χ0) is 17.9. The van der Waals surface area contributed by atoms with Gasteiger partial charge in [-0.25, -0.2) is 0 Å². The van der Waals surface area contributed by atoms with E-state index in [9.17, 15) is 4.79 Å². The molecule has 0 radical (unpaired) electrons. The van der Waals surface area contributed by atoms with Crippen molar-refractivity contribution in [2.75, 3.05) is 19.6 Å². The standard InChI is InChI=1S/C18H22N6O2/c1-2-7-23-8-3-4-13(11-23)24-12-14(9-20-24)26-18-21-16-10-19-6-5-15(16)17(25)22-18/h5-6,9-10,12-13H,2-4,7-8,11H2,1H3,(H,21,22,25). The van der Waals surface area contributed by atoms with Crippen molar-refractivity contribution in [3.8, 4) is 11.8 Å². The number of ether oxygens (including phenoxy) is 1. The zero-order valence-electron chi connectivity index (χ0n) is 14.8. The number of pyridine rings is 1. The molecule has 0 bridgehead atoms. The molecule has 0 spiro atoms. The second-order valence-corrected chi connectivity index (χ2v) is 6.62. The lowest BCUT2D eigenvalue weighted by atomic mass is 10.1. The van der Waals surface area contributed by atoms with Gasteiger partial charge < -0.3 is 9.64 Å². The first-order chi connectivity index (χ1) is 12.7. The number of hydrogen-bond donors (Lipinski definition) is 1. The largest absolute Gasteiger partial charge is 0.422 e. The third-order valence-corrected chi connectivity index (χ3v) is 4.67. The second-order valence-electron chi connectivity index (χ2n) is 6.62. The van der Waals surface area contributed by atoms with Crippen LogP contribution in [0.2, 0.25) is 0 Å². The summed E-state index contributed by atoms with van der Waals surface area (Å²) in [7, 11) is 0. The highest BCUT2D eigenvalue weighted by atomic mass is 16.5. The summed E-state index contributed by atoms with van der Waals surface area (Å²) in [5.41, 5.74) is 0.253. The molecule has 26 heavy (non-hydrogen) atoms. The van der Waals surface area contributed by atoms with Crippen LogP contribution < -0.4 is 10.3 Å². The van der Waals surface area contributed by atoms with E-state index in [0.29, 0.717) is 22.7 Å². The van der Waals surface area contributed by atoms with Crippen molar-refractivity contribution in [1.29, 1.82) is 0 Å². The maximum atomic E-state index is 12.1. The van der Waals surface area contributed by atoms with Gasteiger partial charge in [-0.2, -0.15) is 10.1 Å². The number of hydrogen-bond acceptors (Lipinski definition) is 6. The Balaban J connectivity index is 1.51. The number of aromatic nitrogens is 5. The summed E-state index contributed by atoms with van der Waals surface area (Å²) >= 11 is 0. The van der Waals surface area contributed by atoms with E-state index in [1.54, 1.807) is 24.7 Å². The monoisotopic (exact) mass is 354 g/mol. The molecular weight excluding hydrogens is 332 g/mol. The van der Waals surface area contributed by atoms with Crippen LogP contribution >= 0.6 is 0 Å². The number of aromatic amines is 1. The van der Waals surface area contributed by atoms with Gasteiger partial charge >= 0.3 is 6.01 Å². The van der Waals surface area contributed by atoms with Gasteiger partial charge in [0.2, 0.25) is 0 Å². The van der Waals surface area contributed by atoms with Gasteiger partial charge in [0.05, 0.1) is 35.5 Å². The molecule has 136 valence electrons. The maximum Gasteiger partial charge on any atom is 0.302 e. The average molecular weight is 354 g/mol. The molecule has 1 aliphatic rings. The van der Waals surface area contributed by atoms with Gasteiger partial charge in [0.15, 0.2) is 5.75 Å². The Labute approximate surface area is 150 Å². The Bertz CT molecular complexity index is 948. The number of fused-ring (bicyclic) bond motifs is 1. The number of H-pyrrole nitrogens is 1. The summed E-state index contributed by atoms with van der Waals surface area (Å²) in [6.07, 6.45) is 10.1. The fourth-order valence-corrected chi connectivity index (χ4v) is 3.47. The van der Waals surface area contributed by atoms with Crippen molar-refractivity contribution in [2.45, 2.75) is 32.2 Å². The van der Waals surface area contributed by atoms with Crippen molar-refractivity contribution in [2.24, 2.45) is 0 Å². The molecule has 1 saturated heterocycles. The van der Waals surface area contributed by atoms with Gasteiger partial charge in [-0.1, -0.05) is 6.92 Å². The van der Waals surface area contributed by atoms with Crippen LogP contribution in [0.5, 0.6) is 11.8 Å². The molecule has 4 heterocycles. The Morgan fingerprint density at radius 2 is 2.31 bits per heavy atom. The Morgan fingerprint density at radius 3 is 3.19 bits per heavy atom. The van der Waals surface area contributed by atoms with E-state index in [4.69, 9.17) is 4.74 Å². The van der Waals surface area contributed by atoms with E-state index in [2.05, 4.69) is 31.9 Å². The Morgan fingerprint density at radius 1 is 1.38 bits per heavy atom. The molecule has 8 nitrogen and oxygen atoms in total. The topological polar surface area (TPSA) is 88.9 Å². The summed E-state index contributed by atoms with van der Waals surface area (Å²) in [5.74, 6) is 0.559. The van der Waals surface area contributed by atoms with Gasteiger partial charge in [-0.05, 0) is 38.4 Å². The van der Waals surface area contributed by atoms with Crippen molar-refractivity contribution < 1.29 is 4.74 Å². The van der Waals surface area contributed by atoms with Crippen LogP contribution in [0.4, 0.5) is 0 Å². The number of nitrogens with one attached hydrogen (secondary N) is 1. The molecule has 4 rings (SSSR count). The Hall–Kier alpha value is -2.74. The van der Waals surface area contributed by atoms with Crippen LogP contribution in [0.25, 0.3) is 10.9 Å². The van der Waals surface area contributed by atoms with Crippen LogP contribution in [-0.4, -0.2) is 49.3 Å². The van der Waals surface area contributed by atoms with Crippen molar-refractivity contribution >= 4 is 10.9 Å². The van der Waals surface area contributed by atoms with Crippen LogP contribution in [0.1, 0.15) is 32.2 Å². The molecule has 0 aromatic carbocycles. The highest BCUT2D eigenvalue weighted by Gasteiger charge is 2.21. The molecule has 1 aliphatic heterocycles. The summed E-state index contributed by atoms with van der Waals surface area (Å²) < 4.78 is 7.68. The molecule has 0 amide bonds. The SMILES string of the molecule is CCCN1CCCC(n2cc(Oc3nc4cnccc4c(=O)[nH]3)cn2)C1. The first kappa shape index (κ1) is 16.7. The molecule has 1 unspecified atom stereocenters. The third kappa shape index (κ3) is 3.45. The van der Waals surface area contributed by atoms with Gasteiger partial charge in [0, 0.05) is 12.7 Å². The molecule has 3 aromatic rings. The summed E-state index contributed by atoms with van der Waals surface area (Å²) in [5, 5.41) is 4.94. The Kier molecular flexibility index (Phi) is 4.66. The molecular formula is C18H22N6O2. The second kappa shape index (κ2) is 7.25. The first-order valence-electron chi connectivity index (χ1n) is 9.01. The van der Waals surface area contributed by atoms with Crippen molar-refractivity contribution in [3.05, 3.63) is 41.2 Å². The highest BCUT2D eigenvalue weighted by Crippen LogP contribution is 2.24. The maximum absolute atomic E-state index is 12.1. The van der Waals surface area contributed by atoms with Crippen molar-refractivity contribution in [1.82, 2.24) is 29.6 Å². The van der Waals surface area contributed by atoms with Gasteiger partial charge in [0.1, 0.15) is 0 Å². The third-order valence-electron chi connectivity index (χ3n) is 4.67. The molecule has 1 fully saturated rings. The van der Waals surface area contributed by atoms with E-state index in [0.717, 1.165) is 32.5 Å². The smallest absolute Gasteiger partial charge is 0.302 e. The van der Waals surface area contributed by atoms with E-state index in [-0.39, 0.29) is 11.6 Å². The number of nitrogens with zero attached hydrogens (tertiary/aromatic N) is 5. The van der Waals surface area contributed by atoms with Crippen LogP contribution in [-0.2, 0) is 0 Å². The first-order valence-corrected chi connectivity index (χ1v) is 9.01. The molecule has 1 N–H and O–H groups in total. The quantitative estimate of drug-likeness (QED) is 0.756.